The van der Waals surface area contributed by atoms with Crippen LogP contribution in [0.15, 0.2) is 54.6 Å². The molecule has 2 heterocycles. The third-order valence-corrected chi connectivity index (χ3v) is 5.81. The van der Waals surface area contributed by atoms with E-state index in [1.54, 1.807) is 37.0 Å². The van der Waals surface area contributed by atoms with Gasteiger partial charge in [-0.3, -0.25) is 14.3 Å². The second kappa shape index (κ2) is 10.5. The standard InChI is InChI=1S/C27H29N5O4/c1-17-25-20(14-21(19-9-7-6-8-10-19)29-26(25)32(4)30-17)27(34)28-15-18-11-12-22(23(13-18)35-5)36-16-24(33)31(2)3/h6-14H,15-16H2,1-5H3,(H,28,34). The van der Waals surface area contributed by atoms with E-state index in [0.717, 1.165) is 22.2 Å². The third kappa shape index (κ3) is 5.14. The van der Waals surface area contributed by atoms with Crippen molar-refractivity contribution in [1.29, 1.82) is 0 Å². The van der Waals surface area contributed by atoms with Gasteiger partial charge in [-0.2, -0.15) is 5.10 Å². The van der Waals surface area contributed by atoms with Gasteiger partial charge in [0.15, 0.2) is 23.8 Å². The first-order valence-corrected chi connectivity index (χ1v) is 11.5. The van der Waals surface area contributed by atoms with Gasteiger partial charge >= 0.3 is 0 Å². The predicted octanol–water partition coefficient (Wildman–Crippen LogP) is 3.35. The fourth-order valence-corrected chi connectivity index (χ4v) is 3.87. The van der Waals surface area contributed by atoms with E-state index in [0.29, 0.717) is 28.4 Å². The molecule has 0 saturated carbocycles. The van der Waals surface area contributed by atoms with E-state index in [9.17, 15) is 9.59 Å². The highest BCUT2D eigenvalue weighted by Crippen LogP contribution is 2.29. The normalized spacial score (nSPS) is 10.8. The molecule has 4 rings (SSSR count). The lowest BCUT2D eigenvalue weighted by molar-refractivity contribution is -0.130. The molecule has 0 radical (unpaired) electrons. The number of methoxy groups -OCH3 is 1. The van der Waals surface area contributed by atoms with Gasteiger partial charge in [-0.05, 0) is 30.7 Å². The van der Waals surface area contributed by atoms with Crippen LogP contribution in [0.1, 0.15) is 21.6 Å². The van der Waals surface area contributed by atoms with Crippen LogP contribution in [-0.2, 0) is 18.4 Å². The summed E-state index contributed by atoms with van der Waals surface area (Å²) in [5.74, 6) is 0.551. The van der Waals surface area contributed by atoms with Gasteiger partial charge in [0.2, 0.25) is 0 Å². The van der Waals surface area contributed by atoms with Crippen LogP contribution in [0.4, 0.5) is 0 Å². The number of carbonyl (C=O) groups is 2. The average Bonchev–Trinajstić information content (AvgIpc) is 3.18. The van der Waals surface area contributed by atoms with Gasteiger partial charge < -0.3 is 19.7 Å². The molecule has 0 saturated heterocycles. The molecule has 9 nitrogen and oxygen atoms in total. The molecular formula is C27H29N5O4. The number of aryl methyl sites for hydroxylation is 2. The number of hydrogen-bond acceptors (Lipinski definition) is 6. The van der Waals surface area contributed by atoms with Gasteiger partial charge in [0.25, 0.3) is 11.8 Å². The van der Waals surface area contributed by atoms with E-state index >= 15 is 0 Å². The molecule has 9 heteroatoms. The lowest BCUT2D eigenvalue weighted by atomic mass is 10.0. The Bertz CT molecular complexity index is 1410. The van der Waals surface area contributed by atoms with Crippen LogP contribution in [0.3, 0.4) is 0 Å². The van der Waals surface area contributed by atoms with Crippen molar-refractivity contribution in [3.63, 3.8) is 0 Å². The van der Waals surface area contributed by atoms with E-state index < -0.39 is 0 Å². The van der Waals surface area contributed by atoms with Crippen LogP contribution in [0, 0.1) is 6.92 Å². The summed E-state index contributed by atoms with van der Waals surface area (Å²) in [7, 11) is 6.69. The minimum absolute atomic E-state index is 0.0916. The van der Waals surface area contributed by atoms with Crippen LogP contribution >= 0.6 is 0 Å². The van der Waals surface area contributed by atoms with Gasteiger partial charge in [0.1, 0.15) is 0 Å². The lowest BCUT2D eigenvalue weighted by Gasteiger charge is -2.15. The predicted molar refractivity (Wildman–Crippen MR) is 137 cm³/mol. The minimum atomic E-state index is -0.230. The Kier molecular flexibility index (Phi) is 7.19. The molecule has 2 amide bonds. The van der Waals surface area contributed by atoms with Crippen LogP contribution in [0.25, 0.3) is 22.3 Å². The van der Waals surface area contributed by atoms with Crippen LogP contribution in [-0.4, -0.2) is 59.3 Å². The monoisotopic (exact) mass is 487 g/mol. The SMILES string of the molecule is COc1cc(CNC(=O)c2cc(-c3ccccc3)nc3c2c(C)nn3C)ccc1OCC(=O)N(C)C. The largest absolute Gasteiger partial charge is 0.493 e. The molecular weight excluding hydrogens is 458 g/mol. The fourth-order valence-electron chi connectivity index (χ4n) is 3.87. The number of likely N-dealkylation sites (N-methyl/N-ethyl adjacent to an activating group) is 1. The Morgan fingerprint density at radius 3 is 2.50 bits per heavy atom. The number of nitrogens with one attached hydrogen (secondary N) is 1. The highest BCUT2D eigenvalue weighted by molar-refractivity contribution is 6.07. The number of ether oxygens (including phenoxy) is 2. The van der Waals surface area contributed by atoms with Gasteiger partial charge in [0, 0.05) is 33.3 Å². The maximum Gasteiger partial charge on any atom is 0.259 e. The fraction of sp³-hybridized carbons (Fsp3) is 0.259. The smallest absolute Gasteiger partial charge is 0.259 e. The summed E-state index contributed by atoms with van der Waals surface area (Å²) < 4.78 is 12.7. The number of pyridine rings is 1. The van der Waals surface area contributed by atoms with Gasteiger partial charge in [-0.25, -0.2) is 4.98 Å². The zero-order valence-electron chi connectivity index (χ0n) is 21.0. The highest BCUT2D eigenvalue weighted by atomic mass is 16.5. The molecule has 0 aliphatic rings. The quantitative estimate of drug-likeness (QED) is 0.409. The van der Waals surface area contributed by atoms with Crippen molar-refractivity contribution in [3.8, 4) is 22.8 Å². The Hall–Kier alpha value is -4.40. The molecule has 186 valence electrons. The summed E-state index contributed by atoms with van der Waals surface area (Å²) in [6.07, 6.45) is 0. The summed E-state index contributed by atoms with van der Waals surface area (Å²) in [5, 5.41) is 8.20. The molecule has 1 N–H and O–H groups in total. The second-order valence-corrected chi connectivity index (χ2v) is 8.57. The number of amides is 2. The van der Waals surface area contributed by atoms with Gasteiger partial charge in [-0.1, -0.05) is 36.4 Å². The number of nitrogens with zero attached hydrogens (tertiary/aromatic N) is 4. The van der Waals surface area contributed by atoms with Crippen molar-refractivity contribution in [3.05, 3.63) is 71.4 Å². The Morgan fingerprint density at radius 2 is 1.81 bits per heavy atom. The molecule has 0 spiro atoms. The van der Waals surface area contributed by atoms with E-state index in [2.05, 4.69) is 10.4 Å². The molecule has 36 heavy (non-hydrogen) atoms. The van der Waals surface area contributed by atoms with E-state index in [1.165, 1.54) is 12.0 Å². The van der Waals surface area contributed by atoms with Crippen LogP contribution in [0.2, 0.25) is 0 Å². The molecule has 4 aromatic rings. The number of fused-ring (bicyclic) bond motifs is 1. The van der Waals surface area contributed by atoms with E-state index in [1.807, 2.05) is 50.4 Å². The Balaban J connectivity index is 1.57. The number of benzene rings is 2. The molecule has 0 aliphatic heterocycles. The second-order valence-electron chi connectivity index (χ2n) is 8.57. The zero-order valence-corrected chi connectivity index (χ0v) is 21.0. The summed E-state index contributed by atoms with van der Waals surface area (Å²) in [5.41, 5.74) is 4.34. The number of carbonyl (C=O) groups excluding carboxylic acids is 2. The molecule has 2 aromatic heterocycles. The average molecular weight is 488 g/mol. The minimum Gasteiger partial charge on any atom is -0.493 e. The summed E-state index contributed by atoms with van der Waals surface area (Å²) in [6.45, 7) is 2.05. The summed E-state index contributed by atoms with van der Waals surface area (Å²) >= 11 is 0. The van der Waals surface area contributed by atoms with Crippen molar-refractivity contribution in [2.24, 2.45) is 7.05 Å². The highest BCUT2D eigenvalue weighted by Gasteiger charge is 2.19. The van der Waals surface area contributed by atoms with Crippen molar-refractivity contribution in [1.82, 2.24) is 25.0 Å². The van der Waals surface area contributed by atoms with Crippen molar-refractivity contribution in [2.45, 2.75) is 13.5 Å². The number of rotatable bonds is 8. The first kappa shape index (κ1) is 24.7. The van der Waals surface area contributed by atoms with Crippen LogP contribution in [0.5, 0.6) is 11.5 Å². The first-order chi connectivity index (χ1) is 17.3. The van der Waals surface area contributed by atoms with Gasteiger partial charge in [0.05, 0.1) is 29.4 Å². The maximum absolute atomic E-state index is 13.4. The third-order valence-electron chi connectivity index (χ3n) is 5.81. The molecule has 0 unspecified atom stereocenters. The van der Waals surface area contributed by atoms with E-state index in [4.69, 9.17) is 14.5 Å². The van der Waals surface area contributed by atoms with Crippen LogP contribution < -0.4 is 14.8 Å². The Morgan fingerprint density at radius 1 is 1.06 bits per heavy atom. The summed E-state index contributed by atoms with van der Waals surface area (Å²) in [4.78, 5) is 31.4. The van der Waals surface area contributed by atoms with Crippen molar-refractivity contribution >= 4 is 22.8 Å². The summed E-state index contributed by atoms with van der Waals surface area (Å²) in [6, 6.07) is 16.9. The Labute approximate surface area is 209 Å². The van der Waals surface area contributed by atoms with Crippen molar-refractivity contribution in [2.75, 3.05) is 27.8 Å². The first-order valence-electron chi connectivity index (χ1n) is 11.5. The molecule has 0 bridgehead atoms. The maximum atomic E-state index is 13.4. The molecule has 0 fully saturated rings. The number of aromatic nitrogens is 3. The molecule has 2 aromatic carbocycles. The van der Waals surface area contributed by atoms with Crippen molar-refractivity contribution < 1.29 is 19.1 Å². The lowest BCUT2D eigenvalue weighted by Crippen LogP contribution is -2.27. The zero-order chi connectivity index (χ0) is 25.8. The topological polar surface area (TPSA) is 98.6 Å². The van der Waals surface area contributed by atoms with E-state index in [-0.39, 0.29) is 25.0 Å². The molecule has 0 atom stereocenters. The van der Waals surface area contributed by atoms with Gasteiger partial charge in [-0.15, -0.1) is 0 Å². The molecule has 0 aliphatic carbocycles. The number of hydrogen-bond donors (Lipinski definition) is 1.